The van der Waals surface area contributed by atoms with Crippen LogP contribution in [0.1, 0.15) is 5.89 Å². The summed E-state index contributed by atoms with van der Waals surface area (Å²) in [6.07, 6.45) is -2.98. The van der Waals surface area contributed by atoms with E-state index in [0.717, 1.165) is 9.92 Å². The third-order valence-corrected chi connectivity index (χ3v) is 3.56. The van der Waals surface area contributed by atoms with Crippen molar-refractivity contribution in [3.05, 3.63) is 54.6 Å². The van der Waals surface area contributed by atoms with Gasteiger partial charge in [0.05, 0.1) is 0 Å². The summed E-state index contributed by atoms with van der Waals surface area (Å²) in [5.41, 5.74) is 0.445. The van der Waals surface area contributed by atoms with Gasteiger partial charge in [0.15, 0.2) is 0 Å². The van der Waals surface area contributed by atoms with Gasteiger partial charge in [-0.15, -0.1) is 0 Å². The molecule has 22 heavy (non-hydrogen) atoms. The zero-order valence-corrected chi connectivity index (χ0v) is 11.7. The van der Waals surface area contributed by atoms with E-state index in [9.17, 15) is 13.2 Å². The van der Waals surface area contributed by atoms with Crippen molar-refractivity contribution in [1.82, 2.24) is 15.1 Å². The number of pyridine rings is 1. The van der Waals surface area contributed by atoms with Crippen LogP contribution in [0.4, 0.5) is 13.2 Å². The van der Waals surface area contributed by atoms with Crippen molar-refractivity contribution in [2.24, 2.45) is 0 Å². The summed E-state index contributed by atoms with van der Waals surface area (Å²) in [4.78, 5) is 8.36. The summed E-state index contributed by atoms with van der Waals surface area (Å²) < 4.78 is 41.7. The van der Waals surface area contributed by atoms with Gasteiger partial charge >= 0.3 is 12.1 Å². The summed E-state index contributed by atoms with van der Waals surface area (Å²) in [7, 11) is 0. The van der Waals surface area contributed by atoms with Crippen molar-refractivity contribution >= 4 is 11.8 Å². The molecule has 0 fully saturated rings. The zero-order chi connectivity index (χ0) is 15.6. The quantitative estimate of drug-likeness (QED) is 0.719. The predicted molar refractivity (Wildman–Crippen MR) is 73.1 cm³/mol. The minimum absolute atomic E-state index is 0.101. The van der Waals surface area contributed by atoms with Crippen LogP contribution in [0, 0.1) is 0 Å². The maximum absolute atomic E-state index is 12.5. The van der Waals surface area contributed by atoms with Gasteiger partial charge in [-0.1, -0.05) is 35.1 Å². The van der Waals surface area contributed by atoms with Gasteiger partial charge < -0.3 is 4.52 Å². The Morgan fingerprint density at radius 2 is 1.91 bits per heavy atom. The second-order valence-electron chi connectivity index (χ2n) is 4.22. The number of rotatable bonds is 3. The van der Waals surface area contributed by atoms with Crippen molar-refractivity contribution < 1.29 is 17.7 Å². The van der Waals surface area contributed by atoms with Gasteiger partial charge in [-0.3, -0.25) is 0 Å². The highest BCUT2D eigenvalue weighted by Gasteiger charge is 2.38. The lowest BCUT2D eigenvalue weighted by Gasteiger charge is -2.02. The van der Waals surface area contributed by atoms with Crippen LogP contribution in [0.5, 0.6) is 0 Å². The topological polar surface area (TPSA) is 51.8 Å². The Bertz CT molecular complexity index is 774. The molecule has 0 bridgehead atoms. The molecule has 4 nitrogen and oxygen atoms in total. The Kier molecular flexibility index (Phi) is 3.84. The van der Waals surface area contributed by atoms with Gasteiger partial charge in [0.2, 0.25) is 5.82 Å². The number of benzene rings is 1. The standard InChI is InChI=1S/C14H8F3N3OS/c15-14(16,17)13-19-12(20-21-13)9-4-3-5-10(8-9)22-11-6-1-2-7-18-11/h1-8H. The van der Waals surface area contributed by atoms with Crippen LogP contribution in [-0.4, -0.2) is 15.1 Å². The van der Waals surface area contributed by atoms with Crippen molar-refractivity contribution in [3.8, 4) is 11.4 Å². The van der Waals surface area contributed by atoms with E-state index < -0.39 is 12.1 Å². The molecule has 0 saturated heterocycles. The van der Waals surface area contributed by atoms with E-state index in [0.29, 0.717) is 5.56 Å². The van der Waals surface area contributed by atoms with Crippen molar-refractivity contribution in [2.75, 3.05) is 0 Å². The summed E-state index contributed by atoms with van der Waals surface area (Å²) >= 11 is 1.39. The maximum atomic E-state index is 12.5. The molecule has 0 aliphatic carbocycles. The molecule has 3 aromatic rings. The van der Waals surface area contributed by atoms with Crippen molar-refractivity contribution in [3.63, 3.8) is 0 Å². The van der Waals surface area contributed by atoms with Gasteiger partial charge in [0.1, 0.15) is 5.03 Å². The minimum Gasteiger partial charge on any atom is -0.329 e. The van der Waals surface area contributed by atoms with E-state index >= 15 is 0 Å². The number of nitrogens with zero attached hydrogens (tertiary/aromatic N) is 3. The van der Waals surface area contributed by atoms with Crippen LogP contribution in [-0.2, 0) is 6.18 Å². The van der Waals surface area contributed by atoms with Crippen LogP contribution in [0.2, 0.25) is 0 Å². The Balaban J connectivity index is 1.86. The van der Waals surface area contributed by atoms with Crippen LogP contribution in [0.25, 0.3) is 11.4 Å². The molecule has 112 valence electrons. The predicted octanol–water partition coefficient (Wildman–Crippen LogP) is 4.30. The maximum Gasteiger partial charge on any atom is 0.471 e. The molecule has 2 heterocycles. The van der Waals surface area contributed by atoms with Gasteiger partial charge in [-0.2, -0.15) is 18.2 Å². The molecule has 0 N–H and O–H groups in total. The number of aromatic nitrogens is 3. The normalized spacial score (nSPS) is 11.6. The highest BCUT2D eigenvalue weighted by Crippen LogP contribution is 2.31. The Morgan fingerprint density at radius 1 is 1.05 bits per heavy atom. The average Bonchev–Trinajstić information content (AvgIpc) is 2.99. The molecule has 0 amide bonds. The van der Waals surface area contributed by atoms with Gasteiger partial charge in [0, 0.05) is 16.7 Å². The molecule has 1 aromatic carbocycles. The smallest absolute Gasteiger partial charge is 0.329 e. The lowest BCUT2D eigenvalue weighted by atomic mass is 10.2. The molecular formula is C14H8F3N3OS. The molecule has 0 unspecified atom stereocenters. The molecule has 8 heteroatoms. The Hall–Kier alpha value is -2.35. The molecule has 0 saturated carbocycles. The van der Waals surface area contributed by atoms with Gasteiger partial charge in [-0.05, 0) is 24.3 Å². The van der Waals surface area contributed by atoms with Crippen LogP contribution in [0.15, 0.2) is 63.1 Å². The summed E-state index contributed by atoms with van der Waals surface area (Å²) in [6.45, 7) is 0. The summed E-state index contributed by atoms with van der Waals surface area (Å²) in [5, 5.41) is 4.15. The highest BCUT2D eigenvalue weighted by molar-refractivity contribution is 7.99. The fourth-order valence-corrected chi connectivity index (χ4v) is 2.52. The molecule has 0 aliphatic heterocycles. The van der Waals surface area contributed by atoms with E-state index in [1.165, 1.54) is 11.8 Å². The van der Waals surface area contributed by atoms with E-state index in [2.05, 4.69) is 19.6 Å². The van der Waals surface area contributed by atoms with Gasteiger partial charge in [0.25, 0.3) is 0 Å². The first-order valence-electron chi connectivity index (χ1n) is 6.12. The second-order valence-corrected chi connectivity index (χ2v) is 5.31. The largest absolute Gasteiger partial charge is 0.471 e. The van der Waals surface area contributed by atoms with Crippen molar-refractivity contribution in [2.45, 2.75) is 16.1 Å². The molecule has 0 atom stereocenters. The van der Waals surface area contributed by atoms with E-state index in [4.69, 9.17) is 0 Å². The Labute approximate surface area is 127 Å². The summed E-state index contributed by atoms with van der Waals surface area (Å²) in [5.74, 6) is -1.46. The zero-order valence-electron chi connectivity index (χ0n) is 10.9. The third kappa shape index (κ3) is 3.28. The Morgan fingerprint density at radius 3 is 2.59 bits per heavy atom. The van der Waals surface area contributed by atoms with Crippen LogP contribution in [0.3, 0.4) is 0 Å². The second kappa shape index (κ2) is 5.80. The first-order chi connectivity index (χ1) is 10.5. The van der Waals surface area contributed by atoms with Crippen molar-refractivity contribution in [1.29, 1.82) is 0 Å². The van der Waals surface area contributed by atoms with Crippen LogP contribution >= 0.6 is 11.8 Å². The monoisotopic (exact) mass is 323 g/mol. The third-order valence-electron chi connectivity index (χ3n) is 2.62. The number of alkyl halides is 3. The molecule has 0 aliphatic rings. The fraction of sp³-hybridized carbons (Fsp3) is 0.0714. The first-order valence-corrected chi connectivity index (χ1v) is 6.94. The molecule has 0 spiro atoms. The average molecular weight is 323 g/mol. The lowest BCUT2D eigenvalue weighted by Crippen LogP contribution is -2.04. The van der Waals surface area contributed by atoms with E-state index in [1.807, 2.05) is 18.2 Å². The minimum atomic E-state index is -4.65. The fourth-order valence-electron chi connectivity index (χ4n) is 1.68. The first kappa shape index (κ1) is 14.6. The van der Waals surface area contributed by atoms with Crippen LogP contribution < -0.4 is 0 Å². The van der Waals surface area contributed by atoms with E-state index in [-0.39, 0.29) is 5.82 Å². The molecule has 3 rings (SSSR count). The molecule has 0 radical (unpaired) electrons. The lowest BCUT2D eigenvalue weighted by molar-refractivity contribution is -0.159. The number of hydrogen-bond acceptors (Lipinski definition) is 5. The SMILES string of the molecule is FC(F)(F)c1nc(-c2cccc(Sc3ccccn3)c2)no1. The molecule has 2 aromatic heterocycles. The van der Waals surface area contributed by atoms with Gasteiger partial charge in [-0.25, -0.2) is 4.98 Å². The number of halogens is 3. The highest BCUT2D eigenvalue weighted by atomic mass is 32.2. The molecular weight excluding hydrogens is 315 g/mol. The number of hydrogen-bond donors (Lipinski definition) is 0. The summed E-state index contributed by atoms with van der Waals surface area (Å²) in [6, 6.07) is 12.3. The van der Waals surface area contributed by atoms with E-state index in [1.54, 1.807) is 30.5 Å².